The molecule has 2 nitrogen and oxygen atoms in total. The zero-order valence-corrected chi connectivity index (χ0v) is 7.13. The summed E-state index contributed by atoms with van der Waals surface area (Å²) < 4.78 is 5.17. The summed E-state index contributed by atoms with van der Waals surface area (Å²) in [6.45, 7) is 5.17. The molecule has 0 aliphatic carbocycles. The molecule has 1 atom stereocenters. The highest BCUT2D eigenvalue weighted by molar-refractivity contribution is 4.97. The summed E-state index contributed by atoms with van der Waals surface area (Å²) in [4.78, 5) is 0. The Balaban J connectivity index is 2.23. The van der Waals surface area contributed by atoms with Gasteiger partial charge in [0.05, 0.1) is 12.8 Å². The second-order valence-electron chi connectivity index (χ2n) is 2.77. The molecule has 0 aromatic carbocycles. The molecule has 0 fully saturated rings. The first-order valence-corrected chi connectivity index (χ1v) is 4.08. The van der Waals surface area contributed by atoms with Gasteiger partial charge in [-0.1, -0.05) is 6.92 Å². The maximum atomic E-state index is 5.17. The van der Waals surface area contributed by atoms with E-state index < -0.39 is 0 Å². The van der Waals surface area contributed by atoms with E-state index in [2.05, 4.69) is 19.2 Å². The average molecular weight is 153 g/mol. The largest absolute Gasteiger partial charge is 0.468 e. The lowest BCUT2D eigenvalue weighted by Crippen LogP contribution is -2.24. The molecule has 0 unspecified atom stereocenters. The van der Waals surface area contributed by atoms with Gasteiger partial charge in [0.25, 0.3) is 0 Å². The van der Waals surface area contributed by atoms with Gasteiger partial charge in [-0.3, -0.25) is 0 Å². The van der Waals surface area contributed by atoms with Gasteiger partial charge in [-0.05, 0) is 25.5 Å². The van der Waals surface area contributed by atoms with Crippen molar-refractivity contribution in [2.45, 2.75) is 32.9 Å². The first-order valence-electron chi connectivity index (χ1n) is 4.08. The van der Waals surface area contributed by atoms with Crippen LogP contribution in [0.1, 0.15) is 26.0 Å². The standard InChI is InChI=1S/C9H15NO/c1-3-8(2)10-7-9-5-4-6-11-9/h4-6,8,10H,3,7H2,1-2H3/t8-/m0/s1. The molecule has 0 radical (unpaired) electrons. The summed E-state index contributed by atoms with van der Waals surface area (Å²) in [5.74, 6) is 1.00. The molecular weight excluding hydrogens is 138 g/mol. The molecule has 11 heavy (non-hydrogen) atoms. The monoisotopic (exact) mass is 153 g/mol. The van der Waals surface area contributed by atoms with Crippen LogP contribution < -0.4 is 5.32 Å². The van der Waals surface area contributed by atoms with Crippen LogP contribution in [0.25, 0.3) is 0 Å². The van der Waals surface area contributed by atoms with Crippen LogP contribution in [0.3, 0.4) is 0 Å². The molecule has 0 bridgehead atoms. The van der Waals surface area contributed by atoms with Crippen molar-refractivity contribution in [3.8, 4) is 0 Å². The van der Waals surface area contributed by atoms with Gasteiger partial charge in [-0.25, -0.2) is 0 Å². The number of hydrogen-bond acceptors (Lipinski definition) is 2. The second kappa shape index (κ2) is 4.19. The molecule has 1 N–H and O–H groups in total. The lowest BCUT2D eigenvalue weighted by Gasteiger charge is -2.08. The molecule has 1 heterocycles. The minimum Gasteiger partial charge on any atom is -0.468 e. The highest BCUT2D eigenvalue weighted by Crippen LogP contribution is 1.99. The van der Waals surface area contributed by atoms with Crippen molar-refractivity contribution in [2.24, 2.45) is 0 Å². The maximum absolute atomic E-state index is 5.17. The molecule has 1 aromatic rings. The molecule has 1 rings (SSSR count). The fraction of sp³-hybridized carbons (Fsp3) is 0.556. The fourth-order valence-corrected chi connectivity index (χ4v) is 0.832. The molecule has 0 amide bonds. The van der Waals surface area contributed by atoms with Gasteiger partial charge >= 0.3 is 0 Å². The van der Waals surface area contributed by atoms with Crippen LogP contribution in [0.2, 0.25) is 0 Å². The summed E-state index contributed by atoms with van der Waals surface area (Å²) in [5, 5.41) is 3.34. The van der Waals surface area contributed by atoms with E-state index in [-0.39, 0.29) is 0 Å². The number of hydrogen-bond donors (Lipinski definition) is 1. The van der Waals surface area contributed by atoms with Crippen molar-refractivity contribution in [3.63, 3.8) is 0 Å². The highest BCUT2D eigenvalue weighted by atomic mass is 16.3. The smallest absolute Gasteiger partial charge is 0.117 e. The third kappa shape index (κ3) is 2.76. The van der Waals surface area contributed by atoms with Crippen molar-refractivity contribution in [1.29, 1.82) is 0 Å². The zero-order valence-electron chi connectivity index (χ0n) is 7.13. The first kappa shape index (κ1) is 8.34. The average Bonchev–Trinajstić information content (AvgIpc) is 2.52. The van der Waals surface area contributed by atoms with Crippen molar-refractivity contribution < 1.29 is 4.42 Å². The van der Waals surface area contributed by atoms with Crippen molar-refractivity contribution >= 4 is 0 Å². The molecule has 0 saturated carbocycles. The van der Waals surface area contributed by atoms with E-state index in [4.69, 9.17) is 4.42 Å². The summed E-state index contributed by atoms with van der Waals surface area (Å²) in [7, 11) is 0. The van der Waals surface area contributed by atoms with Crippen LogP contribution in [0.5, 0.6) is 0 Å². The minimum atomic E-state index is 0.570. The summed E-state index contributed by atoms with van der Waals surface area (Å²) >= 11 is 0. The van der Waals surface area contributed by atoms with Crippen LogP contribution in [-0.2, 0) is 6.54 Å². The number of nitrogens with one attached hydrogen (secondary N) is 1. The van der Waals surface area contributed by atoms with Gasteiger partial charge in [0, 0.05) is 6.04 Å². The predicted molar refractivity (Wildman–Crippen MR) is 45.3 cm³/mol. The van der Waals surface area contributed by atoms with E-state index >= 15 is 0 Å². The first-order chi connectivity index (χ1) is 5.33. The fourth-order valence-electron chi connectivity index (χ4n) is 0.832. The number of furan rings is 1. The van der Waals surface area contributed by atoms with Crippen molar-refractivity contribution in [2.75, 3.05) is 0 Å². The van der Waals surface area contributed by atoms with E-state index in [0.29, 0.717) is 6.04 Å². The van der Waals surface area contributed by atoms with Crippen LogP contribution in [-0.4, -0.2) is 6.04 Å². The molecule has 0 aliphatic rings. The Bertz CT molecular complexity index is 181. The highest BCUT2D eigenvalue weighted by Gasteiger charge is 1.98. The maximum Gasteiger partial charge on any atom is 0.117 e. The molecule has 2 heteroatoms. The molecule has 0 saturated heterocycles. The molecule has 0 spiro atoms. The predicted octanol–water partition coefficient (Wildman–Crippen LogP) is 2.17. The van der Waals surface area contributed by atoms with E-state index in [1.54, 1.807) is 6.26 Å². The van der Waals surface area contributed by atoms with Crippen molar-refractivity contribution in [1.82, 2.24) is 5.32 Å². The van der Waals surface area contributed by atoms with E-state index in [1.165, 1.54) is 0 Å². The van der Waals surface area contributed by atoms with Gasteiger partial charge in [-0.15, -0.1) is 0 Å². The van der Waals surface area contributed by atoms with Crippen LogP contribution in [0.4, 0.5) is 0 Å². The molecule has 0 aliphatic heterocycles. The summed E-state index contributed by atoms with van der Waals surface area (Å²) in [6.07, 6.45) is 2.86. The third-order valence-electron chi connectivity index (χ3n) is 1.82. The Morgan fingerprint density at radius 3 is 3.00 bits per heavy atom. The molecular formula is C9H15NO. The zero-order chi connectivity index (χ0) is 8.10. The normalized spacial score (nSPS) is 13.3. The van der Waals surface area contributed by atoms with Gasteiger partial charge in [0.1, 0.15) is 5.76 Å². The topological polar surface area (TPSA) is 25.2 Å². The Kier molecular flexibility index (Phi) is 3.17. The van der Waals surface area contributed by atoms with Gasteiger partial charge in [0.2, 0.25) is 0 Å². The Hall–Kier alpha value is -0.760. The Morgan fingerprint density at radius 2 is 2.45 bits per heavy atom. The summed E-state index contributed by atoms with van der Waals surface area (Å²) in [6, 6.07) is 4.46. The quantitative estimate of drug-likeness (QED) is 0.717. The van der Waals surface area contributed by atoms with Gasteiger partial charge in [-0.2, -0.15) is 0 Å². The van der Waals surface area contributed by atoms with Gasteiger partial charge in [0.15, 0.2) is 0 Å². The lowest BCUT2D eigenvalue weighted by atomic mass is 10.2. The van der Waals surface area contributed by atoms with Crippen LogP contribution in [0.15, 0.2) is 22.8 Å². The Labute approximate surface area is 67.6 Å². The Morgan fingerprint density at radius 1 is 1.64 bits per heavy atom. The molecule has 1 aromatic heterocycles. The van der Waals surface area contributed by atoms with E-state index in [1.807, 2.05) is 12.1 Å². The lowest BCUT2D eigenvalue weighted by molar-refractivity contribution is 0.450. The third-order valence-corrected chi connectivity index (χ3v) is 1.82. The van der Waals surface area contributed by atoms with E-state index in [9.17, 15) is 0 Å². The van der Waals surface area contributed by atoms with Gasteiger partial charge < -0.3 is 9.73 Å². The summed E-state index contributed by atoms with van der Waals surface area (Å²) in [5.41, 5.74) is 0. The minimum absolute atomic E-state index is 0.570. The molecule has 62 valence electrons. The SMILES string of the molecule is CC[C@H](C)NCc1ccco1. The van der Waals surface area contributed by atoms with Crippen molar-refractivity contribution in [3.05, 3.63) is 24.2 Å². The van der Waals surface area contributed by atoms with Crippen LogP contribution in [0, 0.1) is 0 Å². The number of rotatable bonds is 4. The van der Waals surface area contributed by atoms with E-state index in [0.717, 1.165) is 18.7 Å². The second-order valence-corrected chi connectivity index (χ2v) is 2.77. The van der Waals surface area contributed by atoms with Crippen LogP contribution >= 0.6 is 0 Å².